The van der Waals surface area contributed by atoms with Gasteiger partial charge in [-0.15, -0.1) is 11.3 Å². The van der Waals surface area contributed by atoms with E-state index in [2.05, 4.69) is 28.1 Å². The van der Waals surface area contributed by atoms with Gasteiger partial charge in [-0.25, -0.2) is 4.98 Å². The van der Waals surface area contributed by atoms with Crippen molar-refractivity contribution in [1.82, 2.24) is 15.1 Å². The van der Waals surface area contributed by atoms with Gasteiger partial charge in [-0.05, 0) is 44.9 Å². The van der Waals surface area contributed by atoms with Gasteiger partial charge in [0.05, 0.1) is 21.3 Å². The molecule has 2 aromatic heterocycles. The van der Waals surface area contributed by atoms with Gasteiger partial charge < -0.3 is 9.26 Å². The topological polar surface area (TPSA) is 61.0 Å². The maximum atomic E-state index is 5.58. The number of rotatable bonds is 2. The zero-order valence-corrected chi connectivity index (χ0v) is 13.4. The first-order chi connectivity index (χ1) is 10.7. The summed E-state index contributed by atoms with van der Waals surface area (Å²) in [6.07, 6.45) is 2.14. The van der Waals surface area contributed by atoms with Crippen molar-refractivity contribution in [3.63, 3.8) is 0 Å². The number of fused-ring (bicyclic) bond motifs is 1. The molecule has 1 saturated heterocycles. The van der Waals surface area contributed by atoms with Gasteiger partial charge in [0.15, 0.2) is 0 Å². The van der Waals surface area contributed by atoms with Crippen molar-refractivity contribution in [2.24, 2.45) is 0 Å². The third-order valence-electron chi connectivity index (χ3n) is 4.03. The lowest BCUT2D eigenvalue weighted by Crippen LogP contribution is -2.21. The van der Waals surface area contributed by atoms with Gasteiger partial charge in [0, 0.05) is 18.1 Å². The fraction of sp³-hybridized carbons (Fsp3) is 0.438. The summed E-state index contributed by atoms with van der Waals surface area (Å²) in [5.74, 6) is 1.69. The highest BCUT2D eigenvalue weighted by atomic mass is 32.1. The van der Waals surface area contributed by atoms with Crippen molar-refractivity contribution in [2.75, 3.05) is 6.61 Å². The van der Waals surface area contributed by atoms with Gasteiger partial charge in [0.25, 0.3) is 0 Å². The molecular weight excluding hydrogens is 298 g/mol. The smallest absolute Gasteiger partial charge is 0.230 e. The van der Waals surface area contributed by atoms with E-state index >= 15 is 0 Å². The number of nitrogens with zero attached hydrogens (tertiary/aromatic N) is 3. The molecule has 0 radical (unpaired) electrons. The highest BCUT2D eigenvalue weighted by Gasteiger charge is 2.26. The molecule has 3 aromatic rings. The van der Waals surface area contributed by atoms with Crippen LogP contribution in [0.3, 0.4) is 0 Å². The maximum absolute atomic E-state index is 5.58. The number of benzene rings is 1. The molecule has 2 unspecified atom stereocenters. The number of hydrogen-bond donors (Lipinski definition) is 0. The molecule has 22 heavy (non-hydrogen) atoms. The molecule has 3 heterocycles. The van der Waals surface area contributed by atoms with Crippen molar-refractivity contribution in [3.8, 4) is 11.4 Å². The second kappa shape index (κ2) is 5.44. The average Bonchev–Trinajstić information content (AvgIpc) is 3.11. The zero-order chi connectivity index (χ0) is 15.1. The molecule has 1 aliphatic heterocycles. The molecule has 0 bridgehead atoms. The van der Waals surface area contributed by atoms with Crippen LogP contribution in [-0.4, -0.2) is 27.8 Å². The van der Waals surface area contributed by atoms with E-state index in [0.717, 1.165) is 46.1 Å². The first-order valence-electron chi connectivity index (χ1n) is 7.52. The molecule has 1 aliphatic rings. The molecule has 0 spiro atoms. The van der Waals surface area contributed by atoms with Crippen LogP contribution in [0.25, 0.3) is 21.6 Å². The summed E-state index contributed by atoms with van der Waals surface area (Å²) in [6, 6.07) is 6.10. The van der Waals surface area contributed by atoms with Crippen molar-refractivity contribution in [2.45, 2.75) is 38.7 Å². The maximum Gasteiger partial charge on any atom is 0.230 e. The zero-order valence-electron chi connectivity index (χ0n) is 12.6. The van der Waals surface area contributed by atoms with Gasteiger partial charge in [-0.1, -0.05) is 5.16 Å². The first-order valence-corrected chi connectivity index (χ1v) is 8.33. The van der Waals surface area contributed by atoms with E-state index in [1.807, 2.05) is 19.1 Å². The molecule has 2 atom stereocenters. The summed E-state index contributed by atoms with van der Waals surface area (Å²) in [6.45, 7) is 4.86. The Labute approximate surface area is 132 Å². The van der Waals surface area contributed by atoms with E-state index in [9.17, 15) is 0 Å². The molecule has 114 valence electrons. The molecule has 1 fully saturated rings. The Hall–Kier alpha value is -1.79. The monoisotopic (exact) mass is 315 g/mol. The largest absolute Gasteiger partial charge is 0.378 e. The van der Waals surface area contributed by atoms with Gasteiger partial charge in [0.1, 0.15) is 0 Å². The van der Waals surface area contributed by atoms with Crippen LogP contribution in [-0.2, 0) is 4.74 Å². The van der Waals surface area contributed by atoms with Gasteiger partial charge in [0.2, 0.25) is 11.7 Å². The van der Waals surface area contributed by atoms with Crippen LogP contribution in [0.4, 0.5) is 0 Å². The van der Waals surface area contributed by atoms with Crippen molar-refractivity contribution in [1.29, 1.82) is 0 Å². The first kappa shape index (κ1) is 13.8. The molecule has 0 N–H and O–H groups in total. The fourth-order valence-electron chi connectivity index (χ4n) is 2.92. The standard InChI is InChI=1S/C16H17N3O2S/c1-9-7-12(5-6-20-9)16-18-15(19-21-16)11-3-4-13-14(8-11)22-10(2)17-13/h3-4,8-9,12H,5-7H2,1-2H3. The highest BCUT2D eigenvalue weighted by Crippen LogP contribution is 2.31. The average molecular weight is 315 g/mol. The van der Waals surface area contributed by atoms with Crippen molar-refractivity contribution in [3.05, 3.63) is 29.1 Å². The molecule has 5 nitrogen and oxygen atoms in total. The van der Waals surface area contributed by atoms with Crippen LogP contribution >= 0.6 is 11.3 Å². The molecular formula is C16H17N3O2S. The fourth-order valence-corrected chi connectivity index (χ4v) is 3.79. The summed E-state index contributed by atoms with van der Waals surface area (Å²) in [5, 5.41) is 5.22. The van der Waals surface area contributed by atoms with E-state index in [-0.39, 0.29) is 6.10 Å². The van der Waals surface area contributed by atoms with Crippen LogP contribution in [0, 0.1) is 6.92 Å². The molecule has 4 rings (SSSR count). The van der Waals surface area contributed by atoms with Crippen molar-refractivity contribution >= 4 is 21.6 Å². The van der Waals surface area contributed by atoms with Crippen LogP contribution in [0.5, 0.6) is 0 Å². The van der Waals surface area contributed by atoms with E-state index in [4.69, 9.17) is 9.26 Å². The van der Waals surface area contributed by atoms with Crippen LogP contribution < -0.4 is 0 Å². The minimum atomic E-state index is 0.255. The number of aryl methyl sites for hydroxylation is 1. The molecule has 6 heteroatoms. The minimum Gasteiger partial charge on any atom is -0.378 e. The Morgan fingerprint density at radius 2 is 2.18 bits per heavy atom. The SMILES string of the molecule is Cc1nc2ccc(-c3noc(C4CCOC(C)C4)n3)cc2s1. The Bertz CT molecular complexity index is 811. The summed E-state index contributed by atoms with van der Waals surface area (Å²) in [5.41, 5.74) is 2.00. The molecule has 1 aromatic carbocycles. The lowest BCUT2D eigenvalue weighted by atomic mass is 9.96. The summed E-state index contributed by atoms with van der Waals surface area (Å²) < 4.78 is 12.2. The van der Waals surface area contributed by atoms with E-state index in [0.29, 0.717) is 11.7 Å². The second-order valence-electron chi connectivity index (χ2n) is 5.77. The van der Waals surface area contributed by atoms with Crippen molar-refractivity contribution < 1.29 is 9.26 Å². The number of ether oxygens (including phenoxy) is 1. The summed E-state index contributed by atoms with van der Waals surface area (Å²) in [7, 11) is 0. The lowest BCUT2D eigenvalue weighted by molar-refractivity contribution is 0.0134. The predicted octanol–water partition coefficient (Wildman–Crippen LogP) is 3.94. The molecule has 0 amide bonds. The van der Waals surface area contributed by atoms with Crippen LogP contribution in [0.2, 0.25) is 0 Å². The van der Waals surface area contributed by atoms with Crippen LogP contribution in [0.15, 0.2) is 22.7 Å². The lowest BCUT2D eigenvalue weighted by Gasteiger charge is -2.24. The van der Waals surface area contributed by atoms with E-state index in [1.54, 1.807) is 11.3 Å². The third-order valence-corrected chi connectivity index (χ3v) is 4.96. The number of aromatic nitrogens is 3. The quantitative estimate of drug-likeness (QED) is 0.717. The molecule has 0 saturated carbocycles. The van der Waals surface area contributed by atoms with Gasteiger partial charge >= 0.3 is 0 Å². The second-order valence-corrected chi connectivity index (χ2v) is 7.01. The summed E-state index contributed by atoms with van der Waals surface area (Å²) in [4.78, 5) is 9.08. The van der Waals surface area contributed by atoms with Gasteiger partial charge in [-0.2, -0.15) is 4.98 Å². The Morgan fingerprint density at radius 3 is 3.05 bits per heavy atom. The van der Waals surface area contributed by atoms with E-state index < -0.39 is 0 Å². The Morgan fingerprint density at radius 1 is 1.27 bits per heavy atom. The molecule has 0 aliphatic carbocycles. The third kappa shape index (κ3) is 2.53. The van der Waals surface area contributed by atoms with Gasteiger partial charge in [-0.3, -0.25) is 0 Å². The van der Waals surface area contributed by atoms with Crippen LogP contribution in [0.1, 0.15) is 36.6 Å². The Balaban J connectivity index is 1.64. The van der Waals surface area contributed by atoms with E-state index in [1.165, 1.54) is 0 Å². The number of thiazole rings is 1. The minimum absolute atomic E-state index is 0.255. The summed E-state index contributed by atoms with van der Waals surface area (Å²) >= 11 is 1.68. The predicted molar refractivity (Wildman–Crippen MR) is 85.0 cm³/mol. The normalized spacial score (nSPS) is 22.3. The highest BCUT2D eigenvalue weighted by molar-refractivity contribution is 7.18. The number of hydrogen-bond acceptors (Lipinski definition) is 6. The Kier molecular flexibility index (Phi) is 3.43.